The summed E-state index contributed by atoms with van der Waals surface area (Å²) in [6, 6.07) is 13.2. The van der Waals surface area contributed by atoms with E-state index >= 15 is 0 Å². The first-order valence-electron chi connectivity index (χ1n) is 7.47. The quantitative estimate of drug-likeness (QED) is 0.568. The molecule has 0 atom stereocenters. The molecule has 25 heavy (non-hydrogen) atoms. The van der Waals surface area contributed by atoms with E-state index in [1.165, 1.54) is 16.7 Å². The number of amides is 1. The topological polar surface area (TPSA) is 94.5 Å². The molecule has 1 N–H and O–H groups in total. The van der Waals surface area contributed by atoms with Gasteiger partial charge in [0.05, 0.1) is 5.52 Å². The molecule has 0 saturated heterocycles. The number of hydrogen-bond acceptors (Lipinski definition) is 5. The molecule has 2 heterocycles. The molecule has 7 nitrogen and oxygen atoms in total. The number of para-hydroxylation sites is 1. The van der Waals surface area contributed by atoms with Gasteiger partial charge in [0.15, 0.2) is 5.58 Å². The van der Waals surface area contributed by atoms with Gasteiger partial charge < -0.3 is 14.2 Å². The Kier molecular flexibility index (Phi) is 3.28. The van der Waals surface area contributed by atoms with E-state index in [0.717, 1.165) is 0 Å². The SMILES string of the molecule is Cn1c(=O)oc2cc(NC(=O)c3cc4ccccc4oc3=O)ccc21. The van der Waals surface area contributed by atoms with E-state index in [0.29, 0.717) is 27.8 Å². The molecule has 0 saturated carbocycles. The maximum atomic E-state index is 12.4. The van der Waals surface area contributed by atoms with Gasteiger partial charge in [-0.1, -0.05) is 18.2 Å². The molecule has 4 aromatic rings. The van der Waals surface area contributed by atoms with Crippen molar-refractivity contribution >= 4 is 33.7 Å². The number of aromatic nitrogens is 1. The summed E-state index contributed by atoms with van der Waals surface area (Å²) in [5, 5.41) is 3.26. The van der Waals surface area contributed by atoms with Crippen LogP contribution in [0.1, 0.15) is 10.4 Å². The van der Waals surface area contributed by atoms with Crippen LogP contribution in [0.4, 0.5) is 5.69 Å². The van der Waals surface area contributed by atoms with Gasteiger partial charge in [-0.2, -0.15) is 0 Å². The normalized spacial score (nSPS) is 11.1. The summed E-state index contributed by atoms with van der Waals surface area (Å²) in [5.74, 6) is -1.09. The monoisotopic (exact) mass is 336 g/mol. The van der Waals surface area contributed by atoms with Crippen LogP contribution in [0.25, 0.3) is 22.1 Å². The van der Waals surface area contributed by atoms with Crippen molar-refractivity contribution in [3.8, 4) is 0 Å². The van der Waals surface area contributed by atoms with Gasteiger partial charge in [0, 0.05) is 24.2 Å². The zero-order chi connectivity index (χ0) is 17.6. The fourth-order valence-electron chi connectivity index (χ4n) is 2.63. The Labute approximate surface area is 140 Å². The first-order valence-corrected chi connectivity index (χ1v) is 7.47. The van der Waals surface area contributed by atoms with Crippen LogP contribution in [0.3, 0.4) is 0 Å². The molecule has 2 aromatic carbocycles. The maximum absolute atomic E-state index is 12.4. The predicted molar refractivity (Wildman–Crippen MR) is 91.9 cm³/mol. The number of nitrogens with one attached hydrogen (secondary N) is 1. The lowest BCUT2D eigenvalue weighted by Crippen LogP contribution is -2.20. The minimum Gasteiger partial charge on any atom is -0.422 e. The van der Waals surface area contributed by atoms with Gasteiger partial charge in [0.1, 0.15) is 11.1 Å². The molecule has 0 unspecified atom stereocenters. The number of hydrogen-bond donors (Lipinski definition) is 1. The molecule has 1 amide bonds. The molecule has 124 valence electrons. The minimum atomic E-state index is -0.719. The van der Waals surface area contributed by atoms with Gasteiger partial charge in [0.2, 0.25) is 0 Å². The van der Waals surface area contributed by atoms with Gasteiger partial charge in [-0.15, -0.1) is 0 Å². The van der Waals surface area contributed by atoms with E-state index in [1.54, 1.807) is 43.4 Å². The molecule has 0 aliphatic heterocycles. The summed E-state index contributed by atoms with van der Waals surface area (Å²) < 4.78 is 11.6. The largest absolute Gasteiger partial charge is 0.422 e. The molecule has 0 radical (unpaired) electrons. The Morgan fingerprint density at radius 3 is 2.64 bits per heavy atom. The molecular formula is C18H12N2O5. The molecule has 7 heteroatoms. The standard InChI is InChI=1S/C18H12N2O5/c1-20-13-7-6-11(9-15(13)25-18(20)23)19-16(21)12-8-10-4-2-3-5-14(10)24-17(12)22/h2-9H,1H3,(H,19,21). The van der Waals surface area contributed by atoms with Crippen LogP contribution in [0, 0.1) is 0 Å². The van der Waals surface area contributed by atoms with Crippen molar-refractivity contribution in [2.75, 3.05) is 5.32 Å². The Bertz CT molecular complexity index is 1250. The summed E-state index contributed by atoms with van der Waals surface area (Å²) in [7, 11) is 1.59. The third-order valence-corrected chi connectivity index (χ3v) is 3.94. The highest BCUT2D eigenvalue weighted by Crippen LogP contribution is 2.19. The second-order valence-corrected chi connectivity index (χ2v) is 5.55. The number of aryl methyl sites for hydroxylation is 1. The molecule has 2 aromatic heterocycles. The van der Waals surface area contributed by atoms with Crippen molar-refractivity contribution in [1.29, 1.82) is 0 Å². The Morgan fingerprint density at radius 2 is 1.80 bits per heavy atom. The predicted octanol–water partition coefficient (Wildman–Crippen LogP) is 2.49. The molecule has 0 bridgehead atoms. The number of anilines is 1. The van der Waals surface area contributed by atoms with E-state index in [-0.39, 0.29) is 5.56 Å². The second-order valence-electron chi connectivity index (χ2n) is 5.55. The van der Waals surface area contributed by atoms with Crippen LogP contribution in [0.2, 0.25) is 0 Å². The summed E-state index contributed by atoms with van der Waals surface area (Å²) in [6.45, 7) is 0. The molecule has 0 fully saturated rings. The average molecular weight is 336 g/mol. The maximum Gasteiger partial charge on any atom is 0.419 e. The lowest BCUT2D eigenvalue weighted by Gasteiger charge is -2.05. The minimum absolute atomic E-state index is 0.103. The lowest BCUT2D eigenvalue weighted by atomic mass is 10.1. The van der Waals surface area contributed by atoms with E-state index < -0.39 is 17.3 Å². The van der Waals surface area contributed by atoms with Crippen molar-refractivity contribution in [3.05, 3.63) is 75.1 Å². The number of rotatable bonds is 2. The fraction of sp³-hybridized carbons (Fsp3) is 0.0556. The van der Waals surface area contributed by atoms with Gasteiger partial charge in [-0.05, 0) is 24.3 Å². The molecule has 0 aliphatic rings. The molecule has 0 aliphatic carbocycles. The van der Waals surface area contributed by atoms with Crippen molar-refractivity contribution in [2.45, 2.75) is 0 Å². The number of carbonyl (C=O) groups excluding carboxylic acids is 1. The molecule has 0 spiro atoms. The summed E-state index contributed by atoms with van der Waals surface area (Å²) in [4.78, 5) is 36.0. The zero-order valence-electron chi connectivity index (χ0n) is 13.1. The fourth-order valence-corrected chi connectivity index (χ4v) is 2.63. The number of fused-ring (bicyclic) bond motifs is 2. The third kappa shape index (κ3) is 2.51. The highest BCUT2D eigenvalue weighted by atomic mass is 16.4. The Hall–Kier alpha value is -3.61. The first kappa shape index (κ1) is 14.9. The summed E-state index contributed by atoms with van der Waals surface area (Å²) in [5.41, 5.74) is 0.942. The van der Waals surface area contributed by atoms with Gasteiger partial charge in [-0.3, -0.25) is 9.36 Å². The number of benzene rings is 2. The van der Waals surface area contributed by atoms with E-state index in [4.69, 9.17) is 8.83 Å². The van der Waals surface area contributed by atoms with Crippen molar-refractivity contribution in [1.82, 2.24) is 4.57 Å². The highest BCUT2D eigenvalue weighted by molar-refractivity contribution is 6.06. The number of oxazole rings is 1. The van der Waals surface area contributed by atoms with E-state index in [9.17, 15) is 14.4 Å². The van der Waals surface area contributed by atoms with Crippen LogP contribution in [0.15, 0.2) is 67.0 Å². The lowest BCUT2D eigenvalue weighted by molar-refractivity contribution is 0.102. The van der Waals surface area contributed by atoms with Crippen LogP contribution < -0.4 is 16.7 Å². The van der Waals surface area contributed by atoms with Crippen LogP contribution >= 0.6 is 0 Å². The average Bonchev–Trinajstić information content (AvgIpc) is 2.88. The molecular weight excluding hydrogens is 324 g/mol. The summed E-state index contributed by atoms with van der Waals surface area (Å²) in [6.07, 6.45) is 0. The molecule has 4 rings (SSSR count). The second kappa shape index (κ2) is 5.48. The van der Waals surface area contributed by atoms with Crippen molar-refractivity contribution < 1.29 is 13.6 Å². The van der Waals surface area contributed by atoms with Gasteiger partial charge in [0.25, 0.3) is 5.91 Å². The summed E-state index contributed by atoms with van der Waals surface area (Å²) >= 11 is 0. The van der Waals surface area contributed by atoms with E-state index in [2.05, 4.69) is 5.32 Å². The highest BCUT2D eigenvalue weighted by Gasteiger charge is 2.15. The number of nitrogens with zero attached hydrogens (tertiary/aromatic N) is 1. The Balaban J connectivity index is 1.71. The van der Waals surface area contributed by atoms with Crippen molar-refractivity contribution in [2.24, 2.45) is 7.05 Å². The Morgan fingerprint density at radius 1 is 1.00 bits per heavy atom. The van der Waals surface area contributed by atoms with Crippen LogP contribution in [0.5, 0.6) is 0 Å². The van der Waals surface area contributed by atoms with Gasteiger partial charge in [-0.25, -0.2) is 9.59 Å². The van der Waals surface area contributed by atoms with Crippen molar-refractivity contribution in [3.63, 3.8) is 0 Å². The first-order chi connectivity index (χ1) is 12.0. The van der Waals surface area contributed by atoms with Crippen LogP contribution in [-0.2, 0) is 7.05 Å². The number of carbonyl (C=O) groups is 1. The third-order valence-electron chi connectivity index (χ3n) is 3.94. The smallest absolute Gasteiger partial charge is 0.419 e. The van der Waals surface area contributed by atoms with Gasteiger partial charge >= 0.3 is 11.4 Å². The van der Waals surface area contributed by atoms with E-state index in [1.807, 2.05) is 0 Å². The zero-order valence-corrected chi connectivity index (χ0v) is 13.1. The van der Waals surface area contributed by atoms with Crippen LogP contribution in [-0.4, -0.2) is 10.5 Å².